The van der Waals surface area contributed by atoms with E-state index in [-0.39, 0.29) is 11.9 Å². The molecule has 1 amide bonds. The molecule has 0 fully saturated rings. The molecule has 2 rings (SSSR count). The second kappa shape index (κ2) is 9.31. The molecule has 29 heavy (non-hydrogen) atoms. The Morgan fingerprint density at radius 1 is 1.10 bits per heavy atom. The van der Waals surface area contributed by atoms with Crippen LogP contribution in [0.1, 0.15) is 43.0 Å². The monoisotopic (exact) mass is 418 g/mol. The number of aryl methyl sites for hydroxylation is 2. The van der Waals surface area contributed by atoms with E-state index < -0.39 is 16.1 Å². The SMILES string of the molecule is CC[C@@H](NC(=O)[C@H](C)N(c1ccc(OC)cc1)S(C)(=O)=O)c1ccc(C)c(C)c1. The van der Waals surface area contributed by atoms with E-state index >= 15 is 0 Å². The quantitative estimate of drug-likeness (QED) is 0.709. The van der Waals surface area contributed by atoms with E-state index in [0.717, 1.165) is 21.7 Å². The zero-order valence-electron chi connectivity index (χ0n) is 17.9. The number of ether oxygens (including phenoxy) is 1. The number of carbonyl (C=O) groups excluding carboxylic acids is 1. The minimum atomic E-state index is -3.67. The number of rotatable bonds is 8. The molecule has 0 spiro atoms. The van der Waals surface area contributed by atoms with Crippen molar-refractivity contribution in [2.24, 2.45) is 0 Å². The van der Waals surface area contributed by atoms with E-state index in [1.807, 2.05) is 32.9 Å². The fourth-order valence-electron chi connectivity index (χ4n) is 3.23. The minimum absolute atomic E-state index is 0.193. The van der Waals surface area contributed by atoms with Gasteiger partial charge in [0, 0.05) is 0 Å². The molecular formula is C22H30N2O4S. The van der Waals surface area contributed by atoms with Crippen molar-refractivity contribution in [3.63, 3.8) is 0 Å². The van der Waals surface area contributed by atoms with Gasteiger partial charge in [0.15, 0.2) is 0 Å². The summed E-state index contributed by atoms with van der Waals surface area (Å²) in [4.78, 5) is 13.0. The summed E-state index contributed by atoms with van der Waals surface area (Å²) in [5.74, 6) is 0.261. The zero-order valence-corrected chi connectivity index (χ0v) is 18.7. The third-order valence-corrected chi connectivity index (χ3v) is 6.32. The summed E-state index contributed by atoms with van der Waals surface area (Å²) in [6.07, 6.45) is 1.80. The van der Waals surface area contributed by atoms with Crippen LogP contribution in [0.2, 0.25) is 0 Å². The first-order chi connectivity index (χ1) is 13.6. The summed E-state index contributed by atoms with van der Waals surface area (Å²) < 4.78 is 31.2. The number of nitrogens with zero attached hydrogens (tertiary/aromatic N) is 1. The standard InChI is InChI=1S/C22H30N2O4S/c1-7-21(18-9-8-15(2)16(3)14-18)23-22(25)17(4)24(29(6,26)27)19-10-12-20(28-5)13-11-19/h8-14,17,21H,7H2,1-6H3,(H,23,25)/t17-,21+/m0/s1. The molecule has 0 saturated carbocycles. The number of methoxy groups -OCH3 is 1. The molecule has 0 unspecified atom stereocenters. The van der Waals surface area contributed by atoms with Gasteiger partial charge in [-0.15, -0.1) is 0 Å². The van der Waals surface area contributed by atoms with E-state index in [9.17, 15) is 13.2 Å². The molecule has 0 aliphatic heterocycles. The number of anilines is 1. The Morgan fingerprint density at radius 2 is 1.72 bits per heavy atom. The van der Waals surface area contributed by atoms with Crippen molar-refractivity contribution < 1.29 is 17.9 Å². The summed E-state index contributed by atoms with van der Waals surface area (Å²) in [5, 5.41) is 3.00. The third-order valence-electron chi connectivity index (χ3n) is 5.07. The summed E-state index contributed by atoms with van der Waals surface area (Å²) >= 11 is 0. The second-order valence-electron chi connectivity index (χ2n) is 7.25. The van der Waals surface area contributed by atoms with Crippen molar-refractivity contribution in [2.45, 2.75) is 46.2 Å². The third kappa shape index (κ3) is 5.50. The molecule has 7 heteroatoms. The van der Waals surface area contributed by atoms with Gasteiger partial charge in [0.2, 0.25) is 15.9 Å². The van der Waals surface area contributed by atoms with E-state index in [1.165, 1.54) is 12.7 Å². The second-order valence-corrected chi connectivity index (χ2v) is 9.11. The molecule has 6 nitrogen and oxygen atoms in total. The lowest BCUT2D eigenvalue weighted by Crippen LogP contribution is -2.48. The Hall–Kier alpha value is -2.54. The summed E-state index contributed by atoms with van der Waals surface area (Å²) in [5.41, 5.74) is 3.76. The van der Waals surface area contributed by atoms with Crippen molar-refractivity contribution >= 4 is 21.6 Å². The molecule has 2 aromatic carbocycles. The van der Waals surface area contributed by atoms with Crippen LogP contribution in [0.3, 0.4) is 0 Å². The molecule has 2 atom stereocenters. The molecule has 0 aliphatic rings. The van der Waals surface area contributed by atoms with Crippen LogP contribution >= 0.6 is 0 Å². The van der Waals surface area contributed by atoms with Crippen molar-refractivity contribution in [1.29, 1.82) is 0 Å². The maximum atomic E-state index is 13.0. The van der Waals surface area contributed by atoms with Crippen molar-refractivity contribution in [2.75, 3.05) is 17.7 Å². The van der Waals surface area contributed by atoms with Crippen LogP contribution < -0.4 is 14.4 Å². The van der Waals surface area contributed by atoms with Gasteiger partial charge < -0.3 is 10.1 Å². The van der Waals surface area contributed by atoms with Gasteiger partial charge in [-0.2, -0.15) is 0 Å². The topological polar surface area (TPSA) is 75.7 Å². The number of sulfonamides is 1. The summed E-state index contributed by atoms with van der Waals surface area (Å²) in [6, 6.07) is 11.6. The first-order valence-electron chi connectivity index (χ1n) is 9.59. The highest BCUT2D eigenvalue weighted by Gasteiger charge is 2.30. The van der Waals surface area contributed by atoms with E-state index in [1.54, 1.807) is 31.2 Å². The molecule has 0 aliphatic carbocycles. The number of hydrogen-bond acceptors (Lipinski definition) is 4. The number of benzene rings is 2. The molecule has 0 bridgehead atoms. The van der Waals surface area contributed by atoms with Gasteiger partial charge in [-0.05, 0) is 68.1 Å². The lowest BCUT2D eigenvalue weighted by atomic mass is 9.99. The lowest BCUT2D eigenvalue weighted by molar-refractivity contribution is -0.122. The van der Waals surface area contributed by atoms with Crippen LogP contribution in [0, 0.1) is 13.8 Å². The molecular weight excluding hydrogens is 388 g/mol. The van der Waals surface area contributed by atoms with Gasteiger partial charge in [0.1, 0.15) is 11.8 Å². The van der Waals surface area contributed by atoms with Gasteiger partial charge in [-0.1, -0.05) is 25.1 Å². The van der Waals surface area contributed by atoms with Gasteiger partial charge in [0.05, 0.1) is 25.1 Å². The summed E-state index contributed by atoms with van der Waals surface area (Å²) in [7, 11) is -2.13. The molecule has 0 aromatic heterocycles. The van der Waals surface area contributed by atoms with E-state index in [0.29, 0.717) is 17.9 Å². The van der Waals surface area contributed by atoms with Crippen molar-refractivity contribution in [1.82, 2.24) is 5.32 Å². The Bertz CT molecular complexity index is 955. The van der Waals surface area contributed by atoms with Crippen LogP contribution in [-0.4, -0.2) is 33.7 Å². The predicted molar refractivity (Wildman–Crippen MR) is 117 cm³/mol. The number of nitrogens with one attached hydrogen (secondary N) is 1. The molecule has 158 valence electrons. The lowest BCUT2D eigenvalue weighted by Gasteiger charge is -2.30. The highest BCUT2D eigenvalue weighted by atomic mass is 32.2. The number of carbonyl (C=O) groups is 1. The Labute approximate surface area is 173 Å². The zero-order chi connectivity index (χ0) is 21.8. The van der Waals surface area contributed by atoms with Crippen molar-refractivity contribution in [3.05, 3.63) is 59.2 Å². The van der Waals surface area contributed by atoms with Crippen LogP contribution in [0.15, 0.2) is 42.5 Å². The number of hydrogen-bond donors (Lipinski definition) is 1. The van der Waals surface area contributed by atoms with Gasteiger partial charge in [-0.25, -0.2) is 8.42 Å². The fraction of sp³-hybridized carbons (Fsp3) is 0.409. The molecule has 0 saturated heterocycles. The minimum Gasteiger partial charge on any atom is -0.497 e. The van der Waals surface area contributed by atoms with Gasteiger partial charge >= 0.3 is 0 Å². The Kier molecular flexibility index (Phi) is 7.30. The molecule has 1 N–H and O–H groups in total. The Morgan fingerprint density at radius 3 is 2.21 bits per heavy atom. The average molecular weight is 419 g/mol. The van der Waals surface area contributed by atoms with E-state index in [4.69, 9.17) is 4.74 Å². The smallest absolute Gasteiger partial charge is 0.244 e. The highest BCUT2D eigenvalue weighted by molar-refractivity contribution is 7.92. The molecule has 2 aromatic rings. The molecule has 0 heterocycles. The average Bonchev–Trinajstić information content (AvgIpc) is 2.67. The number of amides is 1. The first-order valence-corrected chi connectivity index (χ1v) is 11.4. The van der Waals surface area contributed by atoms with Crippen molar-refractivity contribution in [3.8, 4) is 5.75 Å². The van der Waals surface area contributed by atoms with Crippen LogP contribution in [0.4, 0.5) is 5.69 Å². The maximum Gasteiger partial charge on any atom is 0.244 e. The highest BCUT2D eigenvalue weighted by Crippen LogP contribution is 2.25. The fourth-order valence-corrected chi connectivity index (χ4v) is 4.41. The van der Waals surface area contributed by atoms with Crippen LogP contribution in [0.5, 0.6) is 5.75 Å². The van der Waals surface area contributed by atoms with Gasteiger partial charge in [-0.3, -0.25) is 9.10 Å². The van der Waals surface area contributed by atoms with E-state index in [2.05, 4.69) is 11.4 Å². The predicted octanol–water partition coefficient (Wildman–Crippen LogP) is 3.73. The van der Waals surface area contributed by atoms with Gasteiger partial charge in [0.25, 0.3) is 0 Å². The van der Waals surface area contributed by atoms with Crippen LogP contribution in [0.25, 0.3) is 0 Å². The molecule has 0 radical (unpaired) electrons. The Balaban J connectivity index is 2.28. The normalized spacial score (nSPS) is 13.4. The van der Waals surface area contributed by atoms with Crippen LogP contribution in [-0.2, 0) is 14.8 Å². The largest absolute Gasteiger partial charge is 0.497 e. The first kappa shape index (κ1) is 22.7. The summed E-state index contributed by atoms with van der Waals surface area (Å²) in [6.45, 7) is 7.65. The maximum absolute atomic E-state index is 13.0.